The van der Waals surface area contributed by atoms with Gasteiger partial charge in [-0.05, 0) is 29.8 Å². The number of anilines is 1. The van der Waals surface area contributed by atoms with E-state index < -0.39 is 0 Å². The molecule has 3 heterocycles. The zero-order chi connectivity index (χ0) is 13.4. The summed E-state index contributed by atoms with van der Waals surface area (Å²) in [7, 11) is 0. The van der Waals surface area contributed by atoms with Crippen molar-refractivity contribution in [2.24, 2.45) is 5.92 Å². The van der Waals surface area contributed by atoms with Crippen LogP contribution in [0.5, 0.6) is 0 Å². The highest BCUT2D eigenvalue weighted by molar-refractivity contribution is 9.10. The van der Waals surface area contributed by atoms with Gasteiger partial charge in [0.05, 0.1) is 22.1 Å². The smallest absolute Gasteiger partial charge is 0.150 e. The lowest BCUT2D eigenvalue weighted by molar-refractivity contribution is 0.339. The second kappa shape index (κ2) is 4.92. The minimum Gasteiger partial charge on any atom is -0.354 e. The molecular formula is C13H16BrN5. The maximum absolute atomic E-state index is 4.57. The average Bonchev–Trinajstić information content (AvgIpc) is 2.73. The molecule has 0 saturated carbocycles. The van der Waals surface area contributed by atoms with E-state index in [-0.39, 0.29) is 0 Å². The fourth-order valence-corrected chi connectivity index (χ4v) is 2.71. The van der Waals surface area contributed by atoms with E-state index in [9.17, 15) is 0 Å². The van der Waals surface area contributed by atoms with Crippen molar-refractivity contribution in [3.8, 4) is 0 Å². The number of hydrogen-bond acceptors (Lipinski definition) is 4. The summed E-state index contributed by atoms with van der Waals surface area (Å²) >= 11 is 3.42. The molecule has 0 spiro atoms. The summed E-state index contributed by atoms with van der Waals surface area (Å²) in [5, 5.41) is 4.29. The van der Waals surface area contributed by atoms with Crippen molar-refractivity contribution in [1.29, 1.82) is 0 Å². The predicted octanol–water partition coefficient (Wildman–Crippen LogP) is 2.19. The molecule has 1 fully saturated rings. The zero-order valence-electron chi connectivity index (χ0n) is 11.0. The Morgan fingerprint density at radius 1 is 1.32 bits per heavy atom. The monoisotopic (exact) mass is 321 g/mol. The van der Waals surface area contributed by atoms with Gasteiger partial charge in [0.2, 0.25) is 0 Å². The number of aryl methyl sites for hydroxylation is 2. The summed E-state index contributed by atoms with van der Waals surface area (Å²) < 4.78 is 3.02. The Labute approximate surface area is 120 Å². The Morgan fingerprint density at radius 3 is 2.79 bits per heavy atom. The average molecular weight is 322 g/mol. The first-order valence-electron chi connectivity index (χ1n) is 6.35. The molecule has 0 amide bonds. The first-order valence-corrected chi connectivity index (χ1v) is 7.14. The lowest BCUT2D eigenvalue weighted by Gasteiger charge is -2.40. The topological polar surface area (TPSA) is 46.8 Å². The molecule has 2 aromatic rings. The van der Waals surface area contributed by atoms with Crippen LogP contribution in [0, 0.1) is 19.8 Å². The standard InChI is InChI=1S/C13H16BrN5/c1-9-3-15-10(2)13(17-9)18-5-11(6-18)7-19-8-12(14)4-16-19/h3-4,8,11H,5-7H2,1-2H3. The van der Waals surface area contributed by atoms with Gasteiger partial charge in [0, 0.05) is 37.9 Å². The molecule has 19 heavy (non-hydrogen) atoms. The predicted molar refractivity (Wildman–Crippen MR) is 77.1 cm³/mol. The van der Waals surface area contributed by atoms with Gasteiger partial charge < -0.3 is 4.90 Å². The van der Waals surface area contributed by atoms with E-state index in [2.05, 4.69) is 35.9 Å². The van der Waals surface area contributed by atoms with Crippen LogP contribution in [0.25, 0.3) is 0 Å². The molecular weight excluding hydrogens is 306 g/mol. The molecule has 1 saturated heterocycles. The van der Waals surface area contributed by atoms with Crippen molar-refractivity contribution in [1.82, 2.24) is 19.7 Å². The van der Waals surface area contributed by atoms with Gasteiger partial charge in [-0.15, -0.1) is 0 Å². The lowest BCUT2D eigenvalue weighted by atomic mass is 10.00. The summed E-state index contributed by atoms with van der Waals surface area (Å²) in [6.45, 7) is 7.00. The van der Waals surface area contributed by atoms with Crippen molar-refractivity contribution in [2.75, 3.05) is 18.0 Å². The molecule has 1 aliphatic rings. The summed E-state index contributed by atoms with van der Waals surface area (Å²) in [6, 6.07) is 0. The largest absolute Gasteiger partial charge is 0.354 e. The van der Waals surface area contributed by atoms with E-state index in [1.165, 1.54) is 0 Å². The van der Waals surface area contributed by atoms with E-state index in [1.807, 2.05) is 37.1 Å². The van der Waals surface area contributed by atoms with Crippen molar-refractivity contribution in [3.63, 3.8) is 0 Å². The summed E-state index contributed by atoms with van der Waals surface area (Å²) in [4.78, 5) is 11.2. The zero-order valence-corrected chi connectivity index (χ0v) is 12.6. The highest BCUT2D eigenvalue weighted by atomic mass is 79.9. The molecule has 0 unspecified atom stereocenters. The summed E-state index contributed by atoms with van der Waals surface area (Å²) in [5.41, 5.74) is 1.98. The maximum atomic E-state index is 4.57. The quantitative estimate of drug-likeness (QED) is 0.869. The molecule has 0 bridgehead atoms. The van der Waals surface area contributed by atoms with E-state index >= 15 is 0 Å². The summed E-state index contributed by atoms with van der Waals surface area (Å²) in [5.74, 6) is 1.66. The molecule has 1 aliphatic heterocycles. The molecule has 0 N–H and O–H groups in total. The third-order valence-electron chi connectivity index (χ3n) is 3.35. The van der Waals surface area contributed by atoms with Crippen LogP contribution in [0.2, 0.25) is 0 Å². The van der Waals surface area contributed by atoms with Crippen LogP contribution in [-0.2, 0) is 6.54 Å². The fourth-order valence-electron chi connectivity index (χ4n) is 2.39. The third kappa shape index (κ3) is 2.63. The molecule has 0 atom stereocenters. The third-order valence-corrected chi connectivity index (χ3v) is 3.76. The minimum atomic E-state index is 0.633. The maximum Gasteiger partial charge on any atom is 0.150 e. The normalized spacial score (nSPS) is 15.6. The molecule has 100 valence electrons. The van der Waals surface area contributed by atoms with Crippen molar-refractivity contribution in [2.45, 2.75) is 20.4 Å². The minimum absolute atomic E-state index is 0.633. The van der Waals surface area contributed by atoms with Crippen LogP contribution in [0.3, 0.4) is 0 Å². The van der Waals surface area contributed by atoms with Crippen molar-refractivity contribution in [3.05, 3.63) is 34.5 Å². The van der Waals surface area contributed by atoms with Gasteiger partial charge in [-0.25, -0.2) is 4.98 Å². The van der Waals surface area contributed by atoms with Gasteiger partial charge in [-0.3, -0.25) is 9.67 Å². The number of hydrogen-bond donors (Lipinski definition) is 0. The van der Waals surface area contributed by atoms with Gasteiger partial charge in [0.25, 0.3) is 0 Å². The van der Waals surface area contributed by atoms with Gasteiger partial charge in [0.15, 0.2) is 0 Å². The van der Waals surface area contributed by atoms with Gasteiger partial charge in [-0.2, -0.15) is 5.10 Å². The Kier molecular flexibility index (Phi) is 3.26. The number of aromatic nitrogens is 4. The van der Waals surface area contributed by atoms with E-state index in [1.54, 1.807) is 0 Å². The van der Waals surface area contributed by atoms with E-state index in [4.69, 9.17) is 0 Å². The fraction of sp³-hybridized carbons (Fsp3) is 0.462. The first kappa shape index (κ1) is 12.6. The highest BCUT2D eigenvalue weighted by Crippen LogP contribution is 2.26. The van der Waals surface area contributed by atoms with Crippen LogP contribution in [-0.4, -0.2) is 32.8 Å². The Morgan fingerprint density at radius 2 is 2.11 bits per heavy atom. The van der Waals surface area contributed by atoms with Gasteiger partial charge in [-0.1, -0.05) is 0 Å². The van der Waals surface area contributed by atoms with Crippen LogP contribution >= 0.6 is 15.9 Å². The molecule has 0 aliphatic carbocycles. The summed E-state index contributed by atoms with van der Waals surface area (Å²) in [6.07, 6.45) is 5.66. The SMILES string of the molecule is Cc1cnc(C)c(N2CC(Cn3cc(Br)cn3)C2)n1. The second-order valence-corrected chi connectivity index (χ2v) is 5.99. The Hall–Kier alpha value is -1.43. The van der Waals surface area contributed by atoms with Crippen LogP contribution in [0.4, 0.5) is 5.82 Å². The van der Waals surface area contributed by atoms with Crippen LogP contribution in [0.15, 0.2) is 23.1 Å². The lowest BCUT2D eigenvalue weighted by Crippen LogP contribution is -2.49. The van der Waals surface area contributed by atoms with E-state index in [0.717, 1.165) is 41.3 Å². The van der Waals surface area contributed by atoms with Crippen molar-refractivity contribution >= 4 is 21.7 Å². The van der Waals surface area contributed by atoms with E-state index in [0.29, 0.717) is 5.92 Å². The van der Waals surface area contributed by atoms with Gasteiger partial charge in [0.1, 0.15) is 5.82 Å². The number of nitrogens with zero attached hydrogens (tertiary/aromatic N) is 5. The molecule has 0 aromatic carbocycles. The molecule has 6 heteroatoms. The molecule has 5 nitrogen and oxygen atoms in total. The van der Waals surface area contributed by atoms with Crippen LogP contribution < -0.4 is 4.90 Å². The second-order valence-electron chi connectivity index (χ2n) is 5.07. The highest BCUT2D eigenvalue weighted by Gasteiger charge is 2.29. The molecule has 2 aromatic heterocycles. The van der Waals surface area contributed by atoms with Crippen LogP contribution in [0.1, 0.15) is 11.4 Å². The first-order chi connectivity index (χ1) is 9.11. The Bertz CT molecular complexity index is 588. The molecule has 3 rings (SSSR count). The van der Waals surface area contributed by atoms with Crippen molar-refractivity contribution < 1.29 is 0 Å². The molecule has 0 radical (unpaired) electrons. The number of rotatable bonds is 3. The number of halogens is 1. The van der Waals surface area contributed by atoms with Gasteiger partial charge >= 0.3 is 0 Å². The Balaban J connectivity index is 1.62.